The van der Waals surface area contributed by atoms with Crippen LogP contribution in [-0.4, -0.2) is 24.3 Å². The summed E-state index contributed by atoms with van der Waals surface area (Å²) in [5, 5.41) is 9.65. The van der Waals surface area contributed by atoms with E-state index in [1.165, 1.54) is 7.11 Å². The molecule has 0 heterocycles. The minimum atomic E-state index is -0.662. The summed E-state index contributed by atoms with van der Waals surface area (Å²) < 4.78 is 4.53. The second-order valence-corrected chi connectivity index (χ2v) is 4.12. The van der Waals surface area contributed by atoms with Gasteiger partial charge in [0.05, 0.1) is 19.1 Å². The molecule has 12 heavy (non-hydrogen) atoms. The van der Waals surface area contributed by atoms with Gasteiger partial charge in [-0.05, 0) is 12.3 Å². The Hall–Kier alpha value is -0.570. The van der Waals surface area contributed by atoms with Crippen molar-refractivity contribution >= 4 is 5.97 Å². The molecule has 0 radical (unpaired) electrons. The number of carbonyl (C=O) groups is 1. The molecule has 0 amide bonds. The van der Waals surface area contributed by atoms with E-state index in [0.29, 0.717) is 0 Å². The quantitative estimate of drug-likeness (QED) is 0.640. The molecule has 0 aromatic rings. The highest BCUT2D eigenvalue weighted by Crippen LogP contribution is 2.25. The molecule has 0 aliphatic carbocycles. The van der Waals surface area contributed by atoms with Crippen LogP contribution in [0.5, 0.6) is 0 Å². The summed E-state index contributed by atoms with van der Waals surface area (Å²) in [6.45, 7) is 7.33. The van der Waals surface area contributed by atoms with E-state index in [9.17, 15) is 9.90 Å². The predicted octanol–water partition coefficient (Wildman–Crippen LogP) is 1.20. The Kier molecular flexibility index (Phi) is 3.71. The molecule has 3 heteroatoms. The van der Waals surface area contributed by atoms with E-state index in [0.717, 1.165) is 0 Å². The molecule has 0 unspecified atom stereocenters. The van der Waals surface area contributed by atoms with E-state index >= 15 is 0 Å². The molecule has 0 spiro atoms. The predicted molar refractivity (Wildman–Crippen MR) is 46.6 cm³/mol. The number of hydrogen-bond acceptors (Lipinski definition) is 3. The van der Waals surface area contributed by atoms with E-state index in [1.54, 1.807) is 6.92 Å². The van der Waals surface area contributed by atoms with Crippen LogP contribution in [-0.2, 0) is 9.53 Å². The lowest BCUT2D eigenvalue weighted by atomic mass is 9.82. The van der Waals surface area contributed by atoms with Gasteiger partial charge in [-0.15, -0.1) is 0 Å². The van der Waals surface area contributed by atoms with Gasteiger partial charge in [0.1, 0.15) is 0 Å². The zero-order chi connectivity index (χ0) is 9.94. The van der Waals surface area contributed by atoms with Gasteiger partial charge in [0, 0.05) is 0 Å². The molecule has 1 N–H and O–H groups in total. The number of aliphatic hydroxyl groups is 1. The van der Waals surface area contributed by atoms with E-state index in [4.69, 9.17) is 0 Å². The first kappa shape index (κ1) is 11.4. The molecule has 0 fully saturated rings. The van der Waals surface area contributed by atoms with Gasteiger partial charge >= 0.3 is 5.97 Å². The third kappa shape index (κ3) is 2.81. The molecule has 0 aliphatic rings. The highest BCUT2D eigenvalue weighted by Gasteiger charge is 2.32. The van der Waals surface area contributed by atoms with Crippen LogP contribution in [0.25, 0.3) is 0 Å². The second kappa shape index (κ2) is 3.90. The molecule has 0 aromatic heterocycles. The Morgan fingerprint density at radius 2 is 1.83 bits per heavy atom. The van der Waals surface area contributed by atoms with Crippen molar-refractivity contribution in [1.82, 2.24) is 0 Å². The molecule has 0 bridgehead atoms. The highest BCUT2D eigenvalue weighted by atomic mass is 16.5. The minimum absolute atomic E-state index is 0.284. The van der Waals surface area contributed by atoms with Gasteiger partial charge < -0.3 is 9.84 Å². The molecular formula is C9H18O3. The van der Waals surface area contributed by atoms with Gasteiger partial charge in [0.25, 0.3) is 0 Å². The van der Waals surface area contributed by atoms with Gasteiger partial charge in [0.15, 0.2) is 0 Å². The summed E-state index contributed by atoms with van der Waals surface area (Å²) in [7, 11) is 1.33. The second-order valence-electron chi connectivity index (χ2n) is 4.12. The molecular weight excluding hydrogens is 156 g/mol. The molecule has 0 saturated heterocycles. The van der Waals surface area contributed by atoms with Gasteiger partial charge in [0.2, 0.25) is 0 Å². The van der Waals surface area contributed by atoms with Crippen molar-refractivity contribution in [2.24, 2.45) is 11.3 Å². The van der Waals surface area contributed by atoms with Crippen molar-refractivity contribution in [2.75, 3.05) is 7.11 Å². The standard InChI is InChI=1S/C9H18O3/c1-6(8(11)12-5)7(10)9(2,3)4/h6-7,10H,1-5H3/t6-,7+/m0/s1. The van der Waals surface area contributed by atoms with Crippen molar-refractivity contribution in [1.29, 1.82) is 0 Å². The van der Waals surface area contributed by atoms with Gasteiger partial charge in [-0.1, -0.05) is 20.8 Å². The summed E-state index contributed by atoms with van der Waals surface area (Å²) >= 11 is 0. The lowest BCUT2D eigenvalue weighted by molar-refractivity contribution is -0.151. The van der Waals surface area contributed by atoms with Crippen molar-refractivity contribution < 1.29 is 14.6 Å². The van der Waals surface area contributed by atoms with Crippen LogP contribution in [0.1, 0.15) is 27.7 Å². The first-order valence-corrected chi connectivity index (χ1v) is 4.06. The Labute approximate surface area is 73.7 Å². The Morgan fingerprint density at radius 3 is 2.08 bits per heavy atom. The molecule has 0 aromatic carbocycles. The Bertz CT molecular complexity index is 158. The maximum atomic E-state index is 11.0. The van der Waals surface area contributed by atoms with Crippen molar-refractivity contribution in [3.63, 3.8) is 0 Å². The third-order valence-electron chi connectivity index (χ3n) is 1.93. The van der Waals surface area contributed by atoms with E-state index < -0.39 is 12.0 Å². The van der Waals surface area contributed by atoms with E-state index in [2.05, 4.69) is 4.74 Å². The first-order valence-electron chi connectivity index (χ1n) is 4.06. The van der Waals surface area contributed by atoms with Crippen molar-refractivity contribution in [3.8, 4) is 0 Å². The van der Waals surface area contributed by atoms with Gasteiger partial charge in [-0.2, -0.15) is 0 Å². The highest BCUT2D eigenvalue weighted by molar-refractivity contribution is 5.72. The fourth-order valence-electron chi connectivity index (χ4n) is 1.06. The maximum Gasteiger partial charge on any atom is 0.311 e. The summed E-state index contributed by atoms with van der Waals surface area (Å²) in [6.07, 6.45) is -0.662. The monoisotopic (exact) mass is 174 g/mol. The summed E-state index contributed by atoms with van der Waals surface area (Å²) in [5.74, 6) is -0.826. The van der Waals surface area contributed by atoms with Crippen LogP contribution in [0, 0.1) is 11.3 Å². The molecule has 0 rings (SSSR count). The smallest absolute Gasteiger partial charge is 0.311 e. The van der Waals surface area contributed by atoms with Gasteiger partial charge in [-0.25, -0.2) is 0 Å². The number of carbonyl (C=O) groups excluding carboxylic acids is 1. The number of rotatable bonds is 2. The molecule has 0 aliphatic heterocycles. The minimum Gasteiger partial charge on any atom is -0.469 e. The maximum absolute atomic E-state index is 11.0. The van der Waals surface area contributed by atoms with Crippen LogP contribution in [0.4, 0.5) is 0 Å². The number of esters is 1. The first-order chi connectivity index (χ1) is 5.30. The number of methoxy groups -OCH3 is 1. The number of ether oxygens (including phenoxy) is 1. The Morgan fingerprint density at radius 1 is 1.42 bits per heavy atom. The largest absolute Gasteiger partial charge is 0.469 e. The molecule has 0 saturated carbocycles. The lowest BCUT2D eigenvalue weighted by Crippen LogP contribution is -2.37. The fraction of sp³-hybridized carbons (Fsp3) is 0.889. The van der Waals surface area contributed by atoms with Crippen molar-refractivity contribution in [2.45, 2.75) is 33.8 Å². The SMILES string of the molecule is COC(=O)[C@@H](C)[C@@H](O)C(C)(C)C. The fourth-order valence-corrected chi connectivity index (χ4v) is 1.06. The summed E-state index contributed by atoms with van der Waals surface area (Å²) in [6, 6.07) is 0. The molecule has 72 valence electrons. The normalized spacial score (nSPS) is 16.8. The summed E-state index contributed by atoms with van der Waals surface area (Å²) in [5.41, 5.74) is -0.284. The lowest BCUT2D eigenvalue weighted by Gasteiger charge is -2.29. The van der Waals surface area contributed by atoms with Gasteiger partial charge in [-0.3, -0.25) is 4.79 Å². The van der Waals surface area contributed by atoms with Crippen LogP contribution >= 0.6 is 0 Å². The molecule has 3 nitrogen and oxygen atoms in total. The Balaban J connectivity index is 4.29. The van der Waals surface area contributed by atoms with E-state index in [-0.39, 0.29) is 11.4 Å². The van der Waals surface area contributed by atoms with Crippen LogP contribution < -0.4 is 0 Å². The van der Waals surface area contributed by atoms with Crippen molar-refractivity contribution in [3.05, 3.63) is 0 Å². The zero-order valence-corrected chi connectivity index (χ0v) is 8.42. The van der Waals surface area contributed by atoms with E-state index in [1.807, 2.05) is 20.8 Å². The van der Waals surface area contributed by atoms with Crippen LogP contribution in [0.3, 0.4) is 0 Å². The topological polar surface area (TPSA) is 46.5 Å². The number of aliphatic hydroxyl groups excluding tert-OH is 1. The average molecular weight is 174 g/mol. The zero-order valence-electron chi connectivity index (χ0n) is 8.42. The summed E-state index contributed by atoms with van der Waals surface area (Å²) in [4.78, 5) is 11.0. The van der Waals surface area contributed by atoms with Crippen LogP contribution in [0.15, 0.2) is 0 Å². The third-order valence-corrected chi connectivity index (χ3v) is 1.93. The average Bonchev–Trinajstić information content (AvgIpc) is 1.98. The number of hydrogen-bond donors (Lipinski definition) is 1. The van der Waals surface area contributed by atoms with Crippen LogP contribution in [0.2, 0.25) is 0 Å². The molecule has 2 atom stereocenters.